The van der Waals surface area contributed by atoms with E-state index in [-0.39, 0.29) is 0 Å². The number of guanidine groups is 1. The zero-order valence-electron chi connectivity index (χ0n) is 17.1. The van der Waals surface area contributed by atoms with E-state index in [1.807, 2.05) is 24.7 Å². The molecule has 0 aliphatic rings. The van der Waals surface area contributed by atoms with Crippen LogP contribution in [0.25, 0.3) is 0 Å². The predicted octanol–water partition coefficient (Wildman–Crippen LogP) is 3.37. The number of hydrogen-bond acceptors (Lipinski definition) is 3. The van der Waals surface area contributed by atoms with Gasteiger partial charge in [-0.3, -0.25) is 0 Å². The molecule has 0 amide bonds. The average molecular weight is 392 g/mol. The molecular weight excluding hydrogens is 362 g/mol. The number of aromatic nitrogens is 2. The van der Waals surface area contributed by atoms with Crippen LogP contribution in [0.15, 0.2) is 72.2 Å². The van der Waals surface area contributed by atoms with Gasteiger partial charge in [-0.05, 0) is 37.1 Å². The predicted molar refractivity (Wildman–Crippen MR) is 117 cm³/mol. The number of nitrogens with one attached hydrogen (secondary N) is 2. The number of benzene rings is 2. The molecule has 0 saturated heterocycles. The zero-order chi connectivity index (χ0) is 20.3. The molecule has 2 aromatic carbocycles. The third kappa shape index (κ3) is 6.99. The Morgan fingerprint density at radius 2 is 1.79 bits per heavy atom. The van der Waals surface area contributed by atoms with Crippen molar-refractivity contribution in [2.45, 2.75) is 26.9 Å². The second kappa shape index (κ2) is 10.9. The summed E-state index contributed by atoms with van der Waals surface area (Å²) in [7, 11) is 0. The molecule has 6 heteroatoms. The fourth-order valence-corrected chi connectivity index (χ4v) is 2.83. The summed E-state index contributed by atoms with van der Waals surface area (Å²) >= 11 is 0. The number of rotatable bonds is 9. The first-order chi connectivity index (χ1) is 14.2. The van der Waals surface area contributed by atoms with Gasteiger partial charge < -0.3 is 19.9 Å². The highest BCUT2D eigenvalue weighted by Crippen LogP contribution is 2.11. The van der Waals surface area contributed by atoms with Crippen molar-refractivity contribution in [3.05, 3.63) is 83.9 Å². The van der Waals surface area contributed by atoms with Crippen molar-refractivity contribution < 1.29 is 4.74 Å². The standard InChI is InChI=1S/C23H29N5O/c1-3-25-23(26-13-15-29-22-10-4-19(2)5-11-22)27-16-20-6-8-21(9-7-20)17-28-14-12-24-18-28/h4-12,14,18H,3,13,15-17H2,1-2H3,(H2,25,26,27). The summed E-state index contributed by atoms with van der Waals surface area (Å²) in [6, 6.07) is 16.6. The maximum Gasteiger partial charge on any atom is 0.191 e. The van der Waals surface area contributed by atoms with E-state index in [2.05, 4.69) is 75.4 Å². The SMILES string of the molecule is CCNC(=NCc1ccc(Cn2ccnc2)cc1)NCCOc1ccc(C)cc1. The number of aryl methyl sites for hydroxylation is 1. The van der Waals surface area contributed by atoms with Gasteiger partial charge in [-0.1, -0.05) is 42.0 Å². The zero-order valence-corrected chi connectivity index (χ0v) is 17.1. The van der Waals surface area contributed by atoms with E-state index in [1.165, 1.54) is 16.7 Å². The Labute approximate surface area is 172 Å². The van der Waals surface area contributed by atoms with Gasteiger partial charge in [0, 0.05) is 25.5 Å². The summed E-state index contributed by atoms with van der Waals surface area (Å²) in [4.78, 5) is 8.74. The quantitative estimate of drug-likeness (QED) is 0.333. The van der Waals surface area contributed by atoms with Crippen LogP contribution in [0.1, 0.15) is 23.6 Å². The molecule has 2 N–H and O–H groups in total. The summed E-state index contributed by atoms with van der Waals surface area (Å²) in [5, 5.41) is 6.59. The summed E-state index contributed by atoms with van der Waals surface area (Å²) < 4.78 is 7.81. The van der Waals surface area contributed by atoms with Crippen LogP contribution in [0.4, 0.5) is 0 Å². The fraction of sp³-hybridized carbons (Fsp3) is 0.304. The van der Waals surface area contributed by atoms with Crippen molar-refractivity contribution in [1.82, 2.24) is 20.2 Å². The molecule has 29 heavy (non-hydrogen) atoms. The Balaban J connectivity index is 1.46. The highest BCUT2D eigenvalue weighted by molar-refractivity contribution is 5.79. The lowest BCUT2D eigenvalue weighted by Crippen LogP contribution is -2.39. The fourth-order valence-electron chi connectivity index (χ4n) is 2.83. The average Bonchev–Trinajstić information content (AvgIpc) is 3.25. The molecule has 0 spiro atoms. The molecule has 0 aliphatic carbocycles. The van der Waals surface area contributed by atoms with E-state index in [0.29, 0.717) is 19.7 Å². The normalized spacial score (nSPS) is 11.3. The van der Waals surface area contributed by atoms with Crippen molar-refractivity contribution in [1.29, 1.82) is 0 Å². The molecule has 1 heterocycles. The van der Waals surface area contributed by atoms with Crippen LogP contribution in [-0.4, -0.2) is 35.2 Å². The summed E-state index contributed by atoms with van der Waals surface area (Å²) in [6.45, 7) is 7.66. The van der Waals surface area contributed by atoms with E-state index >= 15 is 0 Å². The van der Waals surface area contributed by atoms with Crippen molar-refractivity contribution in [3.8, 4) is 5.75 Å². The van der Waals surface area contributed by atoms with Crippen LogP contribution >= 0.6 is 0 Å². The second-order valence-corrected chi connectivity index (χ2v) is 6.83. The molecule has 0 aliphatic heterocycles. The highest BCUT2D eigenvalue weighted by Gasteiger charge is 2.00. The van der Waals surface area contributed by atoms with Gasteiger partial charge in [0.1, 0.15) is 12.4 Å². The molecule has 0 saturated carbocycles. The Morgan fingerprint density at radius 3 is 2.48 bits per heavy atom. The molecule has 1 aromatic heterocycles. The van der Waals surface area contributed by atoms with E-state index < -0.39 is 0 Å². The number of aliphatic imine (C=N–C) groups is 1. The lowest BCUT2D eigenvalue weighted by atomic mass is 10.1. The minimum atomic E-state index is 0.580. The van der Waals surface area contributed by atoms with E-state index in [1.54, 1.807) is 6.20 Å². The van der Waals surface area contributed by atoms with Gasteiger partial charge in [-0.2, -0.15) is 0 Å². The van der Waals surface area contributed by atoms with Crippen LogP contribution in [-0.2, 0) is 13.1 Å². The maximum absolute atomic E-state index is 5.76. The van der Waals surface area contributed by atoms with E-state index in [4.69, 9.17) is 4.74 Å². The highest BCUT2D eigenvalue weighted by atomic mass is 16.5. The van der Waals surface area contributed by atoms with Gasteiger partial charge in [0.15, 0.2) is 5.96 Å². The van der Waals surface area contributed by atoms with Crippen molar-refractivity contribution in [2.75, 3.05) is 19.7 Å². The number of hydrogen-bond donors (Lipinski definition) is 2. The molecule has 0 atom stereocenters. The molecule has 0 radical (unpaired) electrons. The summed E-state index contributed by atoms with van der Waals surface area (Å²) in [6.07, 6.45) is 5.59. The van der Waals surface area contributed by atoms with Gasteiger partial charge in [0.25, 0.3) is 0 Å². The van der Waals surface area contributed by atoms with E-state index in [9.17, 15) is 0 Å². The van der Waals surface area contributed by atoms with Gasteiger partial charge in [-0.15, -0.1) is 0 Å². The summed E-state index contributed by atoms with van der Waals surface area (Å²) in [5.74, 6) is 1.68. The third-order valence-electron chi connectivity index (χ3n) is 4.40. The topological polar surface area (TPSA) is 63.5 Å². The Morgan fingerprint density at radius 1 is 1.03 bits per heavy atom. The molecule has 152 valence electrons. The maximum atomic E-state index is 5.76. The van der Waals surface area contributed by atoms with Gasteiger partial charge >= 0.3 is 0 Å². The first-order valence-corrected chi connectivity index (χ1v) is 9.98. The van der Waals surface area contributed by atoms with E-state index in [0.717, 1.165) is 24.8 Å². The monoisotopic (exact) mass is 391 g/mol. The lowest BCUT2D eigenvalue weighted by Gasteiger charge is -2.12. The smallest absolute Gasteiger partial charge is 0.191 e. The largest absolute Gasteiger partial charge is 0.492 e. The minimum absolute atomic E-state index is 0.580. The van der Waals surface area contributed by atoms with Gasteiger partial charge in [0.2, 0.25) is 0 Å². The number of imidazole rings is 1. The van der Waals surface area contributed by atoms with Crippen LogP contribution in [0.5, 0.6) is 5.75 Å². The summed E-state index contributed by atoms with van der Waals surface area (Å²) in [5.41, 5.74) is 3.65. The molecule has 3 aromatic rings. The van der Waals surface area contributed by atoms with Crippen molar-refractivity contribution in [3.63, 3.8) is 0 Å². The molecule has 0 unspecified atom stereocenters. The Kier molecular flexibility index (Phi) is 7.69. The lowest BCUT2D eigenvalue weighted by molar-refractivity contribution is 0.322. The molecule has 0 bridgehead atoms. The molecule has 0 fully saturated rings. The molecular formula is C23H29N5O. The first-order valence-electron chi connectivity index (χ1n) is 9.98. The second-order valence-electron chi connectivity index (χ2n) is 6.83. The number of nitrogens with zero attached hydrogens (tertiary/aromatic N) is 3. The third-order valence-corrected chi connectivity index (χ3v) is 4.40. The first kappa shape index (κ1) is 20.5. The Hall–Kier alpha value is -3.28. The Bertz CT molecular complexity index is 871. The van der Waals surface area contributed by atoms with Crippen LogP contribution in [0, 0.1) is 6.92 Å². The van der Waals surface area contributed by atoms with Gasteiger partial charge in [0.05, 0.1) is 19.4 Å². The van der Waals surface area contributed by atoms with Crippen LogP contribution in [0.2, 0.25) is 0 Å². The van der Waals surface area contributed by atoms with Crippen molar-refractivity contribution >= 4 is 5.96 Å². The minimum Gasteiger partial charge on any atom is -0.492 e. The van der Waals surface area contributed by atoms with Crippen LogP contribution in [0.3, 0.4) is 0 Å². The van der Waals surface area contributed by atoms with Crippen molar-refractivity contribution in [2.24, 2.45) is 4.99 Å². The van der Waals surface area contributed by atoms with Gasteiger partial charge in [-0.25, -0.2) is 9.98 Å². The number of ether oxygens (including phenoxy) is 1. The molecule has 6 nitrogen and oxygen atoms in total. The molecule has 3 rings (SSSR count). The van der Waals surface area contributed by atoms with Crippen LogP contribution < -0.4 is 15.4 Å².